The number of fused-ring (bicyclic) bond motifs is 1. The molecule has 2 atom stereocenters. The van der Waals surface area contributed by atoms with Crippen LogP contribution in [-0.2, 0) is 16.0 Å². The first-order valence-corrected chi connectivity index (χ1v) is 8.80. The van der Waals surface area contributed by atoms with Crippen molar-refractivity contribution in [2.24, 2.45) is 5.92 Å². The molecule has 0 unspecified atom stereocenters. The quantitative estimate of drug-likeness (QED) is 0.840. The summed E-state index contributed by atoms with van der Waals surface area (Å²) in [6, 6.07) is 8.27. The Bertz CT molecular complexity index is 673. The van der Waals surface area contributed by atoms with E-state index in [0.29, 0.717) is 24.5 Å². The first kappa shape index (κ1) is 17.0. The summed E-state index contributed by atoms with van der Waals surface area (Å²) in [6.07, 6.45) is 2.86. The van der Waals surface area contributed by atoms with Gasteiger partial charge in [0.05, 0.1) is 12.6 Å². The van der Waals surface area contributed by atoms with Gasteiger partial charge in [-0.15, -0.1) is 0 Å². The maximum Gasteiger partial charge on any atom is 0.227 e. The Morgan fingerprint density at radius 1 is 1.38 bits per heavy atom. The molecule has 1 aromatic rings. The first-order valence-electron chi connectivity index (χ1n) is 8.43. The highest BCUT2D eigenvalue weighted by molar-refractivity contribution is 6.29. The largest absolute Gasteiger partial charge is 0.346 e. The van der Waals surface area contributed by atoms with E-state index < -0.39 is 0 Å². The average molecular weight is 347 g/mol. The smallest absolute Gasteiger partial charge is 0.227 e. The molecule has 1 fully saturated rings. The molecule has 1 saturated heterocycles. The molecule has 4 nitrogen and oxygen atoms in total. The second-order valence-corrected chi connectivity index (χ2v) is 7.28. The van der Waals surface area contributed by atoms with Crippen molar-refractivity contribution >= 4 is 23.4 Å². The highest BCUT2D eigenvalue weighted by Crippen LogP contribution is 2.37. The normalized spacial score (nSPS) is 23.1. The van der Waals surface area contributed by atoms with Gasteiger partial charge in [0, 0.05) is 31.0 Å². The predicted molar refractivity (Wildman–Crippen MR) is 94.6 cm³/mol. The van der Waals surface area contributed by atoms with Crippen molar-refractivity contribution in [2.75, 3.05) is 20.1 Å². The van der Waals surface area contributed by atoms with E-state index >= 15 is 0 Å². The van der Waals surface area contributed by atoms with Crippen molar-refractivity contribution in [3.05, 3.63) is 47.0 Å². The summed E-state index contributed by atoms with van der Waals surface area (Å²) in [7, 11) is 1.79. The fourth-order valence-electron chi connectivity index (χ4n) is 3.77. The second-order valence-electron chi connectivity index (χ2n) is 6.74. The molecule has 5 heteroatoms. The van der Waals surface area contributed by atoms with Gasteiger partial charge in [-0.1, -0.05) is 42.4 Å². The fourth-order valence-corrected chi connectivity index (χ4v) is 3.90. The van der Waals surface area contributed by atoms with E-state index in [1.54, 1.807) is 11.9 Å². The minimum absolute atomic E-state index is 0.0268. The third-order valence-corrected chi connectivity index (χ3v) is 5.23. The van der Waals surface area contributed by atoms with E-state index in [1.165, 1.54) is 11.1 Å². The molecule has 3 rings (SSSR count). The van der Waals surface area contributed by atoms with Crippen molar-refractivity contribution in [3.8, 4) is 0 Å². The molecule has 0 bridgehead atoms. The Hall–Kier alpha value is -1.81. The Labute approximate surface area is 148 Å². The lowest BCUT2D eigenvalue weighted by Crippen LogP contribution is -2.45. The van der Waals surface area contributed by atoms with Crippen molar-refractivity contribution in [1.29, 1.82) is 0 Å². The fraction of sp³-hybridized carbons (Fsp3) is 0.474. The maximum atomic E-state index is 13.1. The molecule has 128 valence electrons. The maximum absolute atomic E-state index is 13.1. The van der Waals surface area contributed by atoms with Gasteiger partial charge in [0.1, 0.15) is 0 Å². The minimum Gasteiger partial charge on any atom is -0.346 e. The molecule has 24 heavy (non-hydrogen) atoms. The van der Waals surface area contributed by atoms with E-state index in [9.17, 15) is 9.59 Å². The number of piperidine rings is 1. The third-order valence-electron chi connectivity index (χ3n) is 5.11. The van der Waals surface area contributed by atoms with E-state index in [4.69, 9.17) is 11.6 Å². The number of hydrogen-bond donors (Lipinski definition) is 0. The summed E-state index contributed by atoms with van der Waals surface area (Å²) in [6.45, 7) is 4.74. The summed E-state index contributed by atoms with van der Waals surface area (Å²) < 4.78 is 0. The van der Waals surface area contributed by atoms with Crippen LogP contribution < -0.4 is 0 Å². The molecular formula is C19H23ClN2O2. The van der Waals surface area contributed by atoms with Gasteiger partial charge in [-0.25, -0.2) is 0 Å². The van der Waals surface area contributed by atoms with Crippen LogP contribution in [0.3, 0.4) is 0 Å². The van der Waals surface area contributed by atoms with Crippen LogP contribution in [0.1, 0.15) is 36.4 Å². The van der Waals surface area contributed by atoms with Gasteiger partial charge in [-0.2, -0.15) is 0 Å². The van der Waals surface area contributed by atoms with Gasteiger partial charge >= 0.3 is 0 Å². The molecule has 1 heterocycles. The van der Waals surface area contributed by atoms with Crippen LogP contribution in [0.4, 0.5) is 0 Å². The van der Waals surface area contributed by atoms with Gasteiger partial charge < -0.3 is 9.80 Å². The molecule has 0 N–H and O–H groups in total. The van der Waals surface area contributed by atoms with Crippen LogP contribution in [0.5, 0.6) is 0 Å². The van der Waals surface area contributed by atoms with Crippen LogP contribution in [-0.4, -0.2) is 41.8 Å². The Balaban J connectivity index is 1.83. The van der Waals surface area contributed by atoms with Crippen LogP contribution in [0.2, 0.25) is 0 Å². The monoisotopic (exact) mass is 346 g/mol. The summed E-state index contributed by atoms with van der Waals surface area (Å²) in [5, 5.41) is 0.451. The van der Waals surface area contributed by atoms with Gasteiger partial charge in [0.2, 0.25) is 11.8 Å². The van der Waals surface area contributed by atoms with Crippen LogP contribution in [0.15, 0.2) is 35.9 Å². The number of nitrogens with zero attached hydrogens (tertiary/aromatic N) is 2. The van der Waals surface area contributed by atoms with Crippen LogP contribution in [0, 0.1) is 5.92 Å². The van der Waals surface area contributed by atoms with Gasteiger partial charge in [-0.3, -0.25) is 9.59 Å². The number of rotatable bonds is 4. The Kier molecular flexibility index (Phi) is 4.95. The lowest BCUT2D eigenvalue weighted by molar-refractivity contribution is -0.145. The lowest BCUT2D eigenvalue weighted by atomic mass is 9.93. The number of aryl methyl sites for hydroxylation is 1. The van der Waals surface area contributed by atoms with Gasteiger partial charge in [0.15, 0.2) is 0 Å². The second kappa shape index (κ2) is 6.98. The van der Waals surface area contributed by atoms with Crippen molar-refractivity contribution in [3.63, 3.8) is 0 Å². The number of halogens is 1. The molecule has 1 aliphatic carbocycles. The molecule has 0 saturated carbocycles. The van der Waals surface area contributed by atoms with Gasteiger partial charge in [0.25, 0.3) is 0 Å². The summed E-state index contributed by atoms with van der Waals surface area (Å²) in [4.78, 5) is 28.7. The molecular weight excluding hydrogens is 324 g/mol. The highest BCUT2D eigenvalue weighted by Gasteiger charge is 2.37. The summed E-state index contributed by atoms with van der Waals surface area (Å²) >= 11 is 6.05. The average Bonchev–Trinajstić information content (AvgIpc) is 2.98. The summed E-state index contributed by atoms with van der Waals surface area (Å²) in [5.41, 5.74) is 2.49. The van der Waals surface area contributed by atoms with E-state index in [-0.39, 0.29) is 30.2 Å². The lowest BCUT2D eigenvalue weighted by Gasteiger charge is -2.35. The van der Waals surface area contributed by atoms with Crippen molar-refractivity contribution in [1.82, 2.24) is 9.80 Å². The molecule has 0 aromatic heterocycles. The van der Waals surface area contributed by atoms with Gasteiger partial charge in [-0.05, 0) is 30.4 Å². The summed E-state index contributed by atoms with van der Waals surface area (Å²) in [5.74, 6) is -0.187. The van der Waals surface area contributed by atoms with E-state index in [0.717, 1.165) is 12.8 Å². The highest BCUT2D eigenvalue weighted by atomic mass is 35.5. The topological polar surface area (TPSA) is 40.6 Å². The zero-order valence-corrected chi connectivity index (χ0v) is 14.8. The minimum atomic E-state index is -0.252. The molecule has 0 radical (unpaired) electrons. The number of carbonyl (C=O) groups is 2. The zero-order valence-electron chi connectivity index (χ0n) is 14.0. The number of benzene rings is 1. The third kappa shape index (κ3) is 3.34. The zero-order chi connectivity index (χ0) is 17.3. The SMILES string of the molecule is C=C(Cl)CN(C(=O)[C@@H]1CCN(C)C(=O)C1)[C@H]1CCc2ccccc21. The van der Waals surface area contributed by atoms with E-state index in [2.05, 4.69) is 18.7 Å². The number of hydrogen-bond acceptors (Lipinski definition) is 2. The Morgan fingerprint density at radius 3 is 2.83 bits per heavy atom. The Morgan fingerprint density at radius 2 is 2.12 bits per heavy atom. The van der Waals surface area contributed by atoms with Crippen molar-refractivity contribution in [2.45, 2.75) is 31.7 Å². The predicted octanol–water partition coefficient (Wildman–Crippen LogP) is 3.12. The molecule has 1 aromatic carbocycles. The number of carbonyl (C=O) groups excluding carboxylic acids is 2. The number of amides is 2. The van der Waals surface area contributed by atoms with Crippen LogP contribution >= 0.6 is 11.6 Å². The van der Waals surface area contributed by atoms with E-state index in [1.807, 2.05) is 17.0 Å². The standard InChI is InChI=1S/C19H23ClN2O2/c1-13(20)12-22(17-8-7-14-5-3-4-6-16(14)17)19(24)15-9-10-21(2)18(23)11-15/h3-6,15,17H,1,7-12H2,2H3/t15-,17+/m1/s1. The molecule has 0 spiro atoms. The van der Waals surface area contributed by atoms with Crippen molar-refractivity contribution < 1.29 is 9.59 Å². The van der Waals surface area contributed by atoms with Crippen LogP contribution in [0.25, 0.3) is 0 Å². The molecule has 2 amide bonds. The number of likely N-dealkylation sites (tertiary alicyclic amines) is 1. The first-order chi connectivity index (χ1) is 11.5. The molecule has 1 aliphatic heterocycles. The molecule has 2 aliphatic rings.